The lowest BCUT2D eigenvalue weighted by molar-refractivity contribution is -0.385. The molecular weight excluding hydrogens is 251 g/mol. The lowest BCUT2D eigenvalue weighted by Crippen LogP contribution is -2.32. The number of carbonyl (C=O) groups is 1. The number of halogens is 1. The third kappa shape index (κ3) is 3.61. The summed E-state index contributed by atoms with van der Waals surface area (Å²) in [5.74, 6) is -1.41. The van der Waals surface area contributed by atoms with Crippen LogP contribution in [-0.4, -0.2) is 16.9 Å². The number of carbonyl (C=O) groups excluding carboxylic acids is 1. The van der Waals surface area contributed by atoms with E-state index >= 15 is 0 Å². The second kappa shape index (κ2) is 6.08. The molecular formula is C13H15FN2O3. The summed E-state index contributed by atoms with van der Waals surface area (Å²) in [7, 11) is 0. The number of benzene rings is 1. The van der Waals surface area contributed by atoms with Crippen molar-refractivity contribution in [2.75, 3.05) is 0 Å². The Labute approximate surface area is 110 Å². The molecule has 0 heterocycles. The third-order valence-electron chi connectivity index (χ3n) is 2.59. The topological polar surface area (TPSA) is 72.2 Å². The number of nitro benzene ring substituents is 1. The summed E-state index contributed by atoms with van der Waals surface area (Å²) in [6, 6.07) is 1.82. The Morgan fingerprint density at radius 3 is 2.79 bits per heavy atom. The molecule has 1 atom stereocenters. The highest BCUT2D eigenvalue weighted by molar-refractivity contribution is 5.95. The van der Waals surface area contributed by atoms with Crippen LogP contribution < -0.4 is 5.32 Å². The summed E-state index contributed by atoms with van der Waals surface area (Å²) >= 11 is 0. The molecule has 1 aromatic carbocycles. The van der Waals surface area contributed by atoms with Crippen molar-refractivity contribution in [1.82, 2.24) is 5.32 Å². The molecule has 0 aliphatic carbocycles. The highest BCUT2D eigenvalue weighted by Crippen LogP contribution is 2.21. The zero-order chi connectivity index (χ0) is 14.6. The number of hydrogen-bond acceptors (Lipinski definition) is 3. The molecule has 0 saturated heterocycles. The van der Waals surface area contributed by atoms with E-state index in [0.717, 1.165) is 12.1 Å². The van der Waals surface area contributed by atoms with Gasteiger partial charge in [0, 0.05) is 18.2 Å². The molecule has 0 radical (unpaired) electrons. The van der Waals surface area contributed by atoms with E-state index in [0.29, 0.717) is 6.42 Å². The second-order valence-corrected chi connectivity index (χ2v) is 4.28. The van der Waals surface area contributed by atoms with Gasteiger partial charge in [-0.15, -0.1) is 6.58 Å². The van der Waals surface area contributed by atoms with E-state index in [1.54, 1.807) is 13.0 Å². The highest BCUT2D eigenvalue weighted by atomic mass is 19.1. The number of nitro groups is 1. The van der Waals surface area contributed by atoms with Crippen LogP contribution in [0.5, 0.6) is 0 Å². The van der Waals surface area contributed by atoms with Crippen LogP contribution in [0.25, 0.3) is 0 Å². The summed E-state index contributed by atoms with van der Waals surface area (Å²) in [5, 5.41) is 13.3. The number of rotatable bonds is 5. The van der Waals surface area contributed by atoms with Gasteiger partial charge >= 0.3 is 0 Å². The maximum absolute atomic E-state index is 13.8. The van der Waals surface area contributed by atoms with Gasteiger partial charge in [-0.1, -0.05) is 6.08 Å². The molecule has 0 saturated carbocycles. The van der Waals surface area contributed by atoms with Gasteiger partial charge in [0.25, 0.3) is 11.6 Å². The number of aryl methyl sites for hydroxylation is 1. The first kappa shape index (κ1) is 14.8. The Morgan fingerprint density at radius 1 is 1.63 bits per heavy atom. The van der Waals surface area contributed by atoms with Crippen LogP contribution in [-0.2, 0) is 0 Å². The molecule has 6 heteroatoms. The summed E-state index contributed by atoms with van der Waals surface area (Å²) in [6.45, 7) is 6.65. The normalized spacial score (nSPS) is 11.7. The lowest BCUT2D eigenvalue weighted by atomic mass is 10.1. The fraction of sp³-hybridized carbons (Fsp3) is 0.308. The molecule has 0 aliphatic rings. The van der Waals surface area contributed by atoms with E-state index in [2.05, 4.69) is 11.9 Å². The fourth-order valence-corrected chi connectivity index (χ4v) is 1.63. The lowest BCUT2D eigenvalue weighted by Gasteiger charge is -2.12. The molecule has 1 amide bonds. The largest absolute Gasteiger partial charge is 0.349 e. The van der Waals surface area contributed by atoms with Gasteiger partial charge in [0.05, 0.1) is 10.5 Å². The number of amides is 1. The zero-order valence-electron chi connectivity index (χ0n) is 10.8. The van der Waals surface area contributed by atoms with E-state index in [4.69, 9.17) is 0 Å². The predicted octanol–water partition coefficient (Wildman–Crippen LogP) is 2.74. The van der Waals surface area contributed by atoms with Crippen LogP contribution in [0.15, 0.2) is 24.8 Å². The maximum atomic E-state index is 13.8. The molecule has 5 nitrogen and oxygen atoms in total. The summed E-state index contributed by atoms with van der Waals surface area (Å²) in [4.78, 5) is 21.9. The molecule has 0 bridgehead atoms. The minimum atomic E-state index is -0.742. The van der Waals surface area contributed by atoms with Crippen LogP contribution in [0.1, 0.15) is 29.3 Å². The quantitative estimate of drug-likeness (QED) is 0.506. The summed E-state index contributed by atoms with van der Waals surface area (Å²) < 4.78 is 13.8. The fourth-order valence-electron chi connectivity index (χ4n) is 1.63. The average Bonchev–Trinajstić information content (AvgIpc) is 2.32. The van der Waals surface area contributed by atoms with Gasteiger partial charge in [-0.2, -0.15) is 0 Å². The van der Waals surface area contributed by atoms with Gasteiger partial charge in [0.15, 0.2) is 0 Å². The molecule has 0 aromatic heterocycles. The van der Waals surface area contributed by atoms with Gasteiger partial charge in [-0.05, 0) is 25.8 Å². The number of nitrogens with zero attached hydrogens (tertiary/aromatic N) is 1. The standard InChI is InChI=1S/C13H15FN2O3/c1-4-5-9(3)15-13(17)11-7-10(16(18)19)6-8(2)12(11)14/h4,6-7,9H,1,5H2,2-3H3,(H,15,17). The maximum Gasteiger partial charge on any atom is 0.270 e. The Kier molecular flexibility index (Phi) is 4.74. The van der Waals surface area contributed by atoms with Crippen LogP contribution in [0.2, 0.25) is 0 Å². The van der Waals surface area contributed by atoms with Gasteiger partial charge in [-0.25, -0.2) is 4.39 Å². The molecule has 1 N–H and O–H groups in total. The predicted molar refractivity (Wildman–Crippen MR) is 69.5 cm³/mol. The number of non-ortho nitro benzene ring substituents is 1. The van der Waals surface area contributed by atoms with E-state index in [1.165, 1.54) is 6.92 Å². The van der Waals surface area contributed by atoms with Crippen molar-refractivity contribution in [2.24, 2.45) is 0 Å². The van der Waals surface area contributed by atoms with Crippen molar-refractivity contribution in [3.63, 3.8) is 0 Å². The smallest absolute Gasteiger partial charge is 0.270 e. The molecule has 102 valence electrons. The average molecular weight is 266 g/mol. The van der Waals surface area contributed by atoms with Crippen LogP contribution in [0.3, 0.4) is 0 Å². The van der Waals surface area contributed by atoms with Crippen LogP contribution in [0, 0.1) is 22.9 Å². The second-order valence-electron chi connectivity index (χ2n) is 4.28. The first-order valence-electron chi connectivity index (χ1n) is 5.73. The van der Waals surface area contributed by atoms with Crippen molar-refractivity contribution in [3.05, 3.63) is 51.8 Å². The molecule has 1 aromatic rings. The van der Waals surface area contributed by atoms with Crippen molar-refractivity contribution < 1.29 is 14.1 Å². The summed E-state index contributed by atoms with van der Waals surface area (Å²) in [5.41, 5.74) is -0.557. The Balaban J connectivity index is 3.08. The van der Waals surface area contributed by atoms with E-state index in [9.17, 15) is 19.3 Å². The molecule has 0 fully saturated rings. The minimum absolute atomic E-state index is 0.0655. The minimum Gasteiger partial charge on any atom is -0.349 e. The molecule has 19 heavy (non-hydrogen) atoms. The van der Waals surface area contributed by atoms with E-state index in [-0.39, 0.29) is 22.9 Å². The zero-order valence-corrected chi connectivity index (χ0v) is 10.8. The van der Waals surface area contributed by atoms with Crippen LogP contribution >= 0.6 is 0 Å². The SMILES string of the molecule is C=CCC(C)NC(=O)c1cc([N+](=O)[O-])cc(C)c1F. The molecule has 0 aliphatic heterocycles. The molecule has 0 spiro atoms. The van der Waals surface area contributed by atoms with Gasteiger partial charge in [0.1, 0.15) is 5.82 Å². The van der Waals surface area contributed by atoms with Gasteiger partial charge in [-0.3, -0.25) is 14.9 Å². The van der Waals surface area contributed by atoms with Crippen LogP contribution in [0.4, 0.5) is 10.1 Å². The van der Waals surface area contributed by atoms with Gasteiger partial charge in [0.2, 0.25) is 0 Å². The van der Waals surface area contributed by atoms with Crippen molar-refractivity contribution >= 4 is 11.6 Å². The highest BCUT2D eigenvalue weighted by Gasteiger charge is 2.20. The first-order chi connectivity index (χ1) is 8.86. The number of nitrogens with one attached hydrogen (secondary N) is 1. The Morgan fingerprint density at radius 2 is 2.26 bits per heavy atom. The third-order valence-corrected chi connectivity index (χ3v) is 2.59. The van der Waals surface area contributed by atoms with E-state index in [1.807, 2.05) is 0 Å². The number of hydrogen-bond donors (Lipinski definition) is 1. The van der Waals surface area contributed by atoms with Gasteiger partial charge < -0.3 is 5.32 Å². The van der Waals surface area contributed by atoms with Crippen molar-refractivity contribution in [1.29, 1.82) is 0 Å². The Bertz CT molecular complexity index is 529. The first-order valence-corrected chi connectivity index (χ1v) is 5.73. The summed E-state index contributed by atoms with van der Waals surface area (Å²) in [6.07, 6.45) is 2.15. The Hall–Kier alpha value is -2.24. The van der Waals surface area contributed by atoms with Crippen molar-refractivity contribution in [3.8, 4) is 0 Å². The monoisotopic (exact) mass is 266 g/mol. The molecule has 1 rings (SSSR count). The molecule has 1 unspecified atom stereocenters. The van der Waals surface area contributed by atoms with Crippen molar-refractivity contribution in [2.45, 2.75) is 26.3 Å². The van der Waals surface area contributed by atoms with E-state index < -0.39 is 16.6 Å².